The van der Waals surface area contributed by atoms with Gasteiger partial charge in [0.1, 0.15) is 6.04 Å². The summed E-state index contributed by atoms with van der Waals surface area (Å²) in [5, 5.41) is 8.21. The third-order valence-electron chi connectivity index (χ3n) is 1.17. The van der Waals surface area contributed by atoms with E-state index >= 15 is 0 Å². The summed E-state index contributed by atoms with van der Waals surface area (Å²) in [6.07, 6.45) is -0.00171. The van der Waals surface area contributed by atoms with Gasteiger partial charge in [0.2, 0.25) is 0 Å². The van der Waals surface area contributed by atoms with E-state index in [1.807, 2.05) is 0 Å². The first-order valence-corrected chi connectivity index (χ1v) is 3.13. The topological polar surface area (TPSA) is 89.6 Å². The Labute approximate surface area is 64.1 Å². The van der Waals surface area contributed by atoms with Crippen molar-refractivity contribution in [3.05, 3.63) is 0 Å². The molecule has 0 aliphatic rings. The van der Waals surface area contributed by atoms with Crippen LogP contribution in [-0.2, 0) is 14.3 Å². The highest BCUT2D eigenvalue weighted by atomic mass is 16.5. The molecule has 0 heterocycles. The number of carboxylic acids is 1. The maximum absolute atomic E-state index is 10.6. The first-order chi connectivity index (χ1) is 5.07. The molecule has 0 saturated carbocycles. The molecule has 0 saturated heterocycles. The molecule has 0 amide bonds. The summed E-state index contributed by atoms with van der Waals surface area (Å²) in [5.41, 5.74) is 5.24. The normalized spacial score (nSPS) is 12.2. The SMILES string of the molecule is COC(=O)C(N)CCC(=O)O. The standard InChI is InChI=1S/C6H11NO4/c1-11-6(10)4(7)2-3-5(8)9/h4H,2-3,7H2,1H3,(H,8,9). The van der Waals surface area contributed by atoms with E-state index in [-0.39, 0.29) is 12.8 Å². The average Bonchev–Trinajstić information content (AvgIpc) is 1.98. The van der Waals surface area contributed by atoms with Gasteiger partial charge >= 0.3 is 11.9 Å². The highest BCUT2D eigenvalue weighted by molar-refractivity contribution is 5.76. The van der Waals surface area contributed by atoms with Crippen LogP contribution in [0, 0.1) is 0 Å². The number of carbonyl (C=O) groups is 2. The Hall–Kier alpha value is -1.10. The predicted molar refractivity (Wildman–Crippen MR) is 36.9 cm³/mol. The predicted octanol–water partition coefficient (Wildman–Crippen LogP) is -0.648. The number of ether oxygens (including phenoxy) is 1. The lowest BCUT2D eigenvalue weighted by atomic mass is 10.2. The van der Waals surface area contributed by atoms with Gasteiger partial charge in [-0.05, 0) is 6.42 Å². The van der Waals surface area contributed by atoms with E-state index in [1.54, 1.807) is 0 Å². The minimum Gasteiger partial charge on any atom is -0.481 e. The van der Waals surface area contributed by atoms with Gasteiger partial charge < -0.3 is 15.6 Å². The average molecular weight is 161 g/mol. The Morgan fingerprint density at radius 2 is 2.18 bits per heavy atom. The lowest BCUT2D eigenvalue weighted by Gasteiger charge is -2.05. The molecule has 0 aliphatic heterocycles. The number of rotatable bonds is 4. The molecule has 5 heteroatoms. The molecule has 1 atom stereocenters. The summed E-state index contributed by atoms with van der Waals surface area (Å²) in [4.78, 5) is 20.6. The van der Waals surface area contributed by atoms with E-state index in [4.69, 9.17) is 10.8 Å². The van der Waals surface area contributed by atoms with Crippen LogP contribution in [0.2, 0.25) is 0 Å². The highest BCUT2D eigenvalue weighted by Crippen LogP contribution is 1.95. The number of methoxy groups -OCH3 is 1. The molecule has 3 N–H and O–H groups in total. The zero-order chi connectivity index (χ0) is 8.85. The molecule has 0 aromatic carbocycles. The summed E-state index contributed by atoms with van der Waals surface area (Å²) in [6, 6.07) is -0.823. The number of hydrogen-bond donors (Lipinski definition) is 2. The van der Waals surface area contributed by atoms with Gasteiger partial charge in [0.25, 0.3) is 0 Å². The fourth-order valence-corrected chi connectivity index (χ4v) is 0.548. The van der Waals surface area contributed by atoms with Crippen molar-refractivity contribution < 1.29 is 19.4 Å². The fourth-order valence-electron chi connectivity index (χ4n) is 0.548. The third-order valence-corrected chi connectivity index (χ3v) is 1.17. The van der Waals surface area contributed by atoms with E-state index in [0.29, 0.717) is 0 Å². The molecule has 0 aromatic heterocycles. The van der Waals surface area contributed by atoms with Crippen molar-refractivity contribution in [2.75, 3.05) is 7.11 Å². The summed E-state index contributed by atoms with van der Waals surface area (Å²) in [7, 11) is 1.21. The number of esters is 1. The third kappa shape index (κ3) is 4.32. The van der Waals surface area contributed by atoms with Gasteiger partial charge in [-0.1, -0.05) is 0 Å². The first kappa shape index (κ1) is 9.90. The van der Waals surface area contributed by atoms with Gasteiger partial charge in [0, 0.05) is 6.42 Å². The summed E-state index contributed by atoms with van der Waals surface area (Å²) in [6.45, 7) is 0. The first-order valence-electron chi connectivity index (χ1n) is 3.13. The molecule has 0 bridgehead atoms. The van der Waals surface area contributed by atoms with Crippen molar-refractivity contribution in [1.29, 1.82) is 0 Å². The number of aliphatic carboxylic acids is 1. The molecule has 11 heavy (non-hydrogen) atoms. The number of hydrogen-bond acceptors (Lipinski definition) is 4. The largest absolute Gasteiger partial charge is 0.481 e. The fraction of sp³-hybridized carbons (Fsp3) is 0.667. The molecule has 0 radical (unpaired) electrons. The van der Waals surface area contributed by atoms with Crippen LogP contribution >= 0.6 is 0 Å². The molecule has 0 fully saturated rings. The van der Waals surface area contributed by atoms with Crippen LogP contribution in [0.1, 0.15) is 12.8 Å². The molecule has 0 spiro atoms. The van der Waals surface area contributed by atoms with Crippen LogP contribution in [-0.4, -0.2) is 30.2 Å². The van der Waals surface area contributed by atoms with E-state index < -0.39 is 18.0 Å². The number of carboxylic acid groups (broad SMARTS) is 1. The molecule has 64 valence electrons. The molecular weight excluding hydrogens is 150 g/mol. The molecule has 5 nitrogen and oxygen atoms in total. The van der Waals surface area contributed by atoms with Crippen molar-refractivity contribution in [2.24, 2.45) is 5.73 Å². The van der Waals surface area contributed by atoms with Gasteiger partial charge in [0.05, 0.1) is 7.11 Å². The van der Waals surface area contributed by atoms with Crippen molar-refractivity contribution in [3.63, 3.8) is 0 Å². The van der Waals surface area contributed by atoms with E-state index in [1.165, 1.54) is 7.11 Å². The quantitative estimate of drug-likeness (QED) is 0.535. The Morgan fingerprint density at radius 1 is 1.64 bits per heavy atom. The van der Waals surface area contributed by atoms with E-state index in [9.17, 15) is 9.59 Å². The molecule has 0 aromatic rings. The van der Waals surface area contributed by atoms with Gasteiger partial charge in [-0.2, -0.15) is 0 Å². The summed E-state index contributed by atoms with van der Waals surface area (Å²) >= 11 is 0. The van der Waals surface area contributed by atoms with Gasteiger partial charge in [-0.25, -0.2) is 0 Å². The lowest BCUT2D eigenvalue weighted by molar-refractivity contribution is -0.142. The Morgan fingerprint density at radius 3 is 2.55 bits per heavy atom. The Balaban J connectivity index is 3.60. The number of carbonyl (C=O) groups excluding carboxylic acids is 1. The van der Waals surface area contributed by atoms with E-state index in [0.717, 1.165) is 0 Å². The summed E-state index contributed by atoms with van der Waals surface area (Å²) in [5.74, 6) is -1.55. The minimum atomic E-state index is -0.968. The van der Waals surface area contributed by atoms with Gasteiger partial charge in [-0.3, -0.25) is 9.59 Å². The van der Waals surface area contributed by atoms with Crippen molar-refractivity contribution >= 4 is 11.9 Å². The second-order valence-corrected chi connectivity index (χ2v) is 2.06. The van der Waals surface area contributed by atoms with Gasteiger partial charge in [-0.15, -0.1) is 0 Å². The second kappa shape index (κ2) is 4.68. The maximum atomic E-state index is 10.6. The molecule has 0 aliphatic carbocycles. The summed E-state index contributed by atoms with van der Waals surface area (Å²) < 4.78 is 4.29. The lowest BCUT2D eigenvalue weighted by Crippen LogP contribution is -2.31. The minimum absolute atomic E-state index is 0.113. The molecule has 1 unspecified atom stereocenters. The Bertz CT molecular complexity index is 157. The molecule has 0 rings (SSSR count). The second-order valence-electron chi connectivity index (χ2n) is 2.06. The van der Waals surface area contributed by atoms with Crippen molar-refractivity contribution in [1.82, 2.24) is 0 Å². The Kier molecular flexibility index (Phi) is 4.21. The van der Waals surface area contributed by atoms with Crippen LogP contribution in [0.4, 0.5) is 0 Å². The molecular formula is C6H11NO4. The van der Waals surface area contributed by atoms with Crippen LogP contribution in [0.5, 0.6) is 0 Å². The van der Waals surface area contributed by atoms with Crippen LogP contribution in [0.15, 0.2) is 0 Å². The van der Waals surface area contributed by atoms with Crippen LogP contribution < -0.4 is 5.73 Å². The number of nitrogens with two attached hydrogens (primary N) is 1. The van der Waals surface area contributed by atoms with Crippen LogP contribution in [0.3, 0.4) is 0 Å². The van der Waals surface area contributed by atoms with Crippen molar-refractivity contribution in [3.8, 4) is 0 Å². The smallest absolute Gasteiger partial charge is 0.322 e. The van der Waals surface area contributed by atoms with Crippen molar-refractivity contribution in [2.45, 2.75) is 18.9 Å². The van der Waals surface area contributed by atoms with Gasteiger partial charge in [0.15, 0.2) is 0 Å². The monoisotopic (exact) mass is 161 g/mol. The zero-order valence-electron chi connectivity index (χ0n) is 6.24. The zero-order valence-corrected chi connectivity index (χ0v) is 6.24. The highest BCUT2D eigenvalue weighted by Gasteiger charge is 2.14. The van der Waals surface area contributed by atoms with Crippen LogP contribution in [0.25, 0.3) is 0 Å². The van der Waals surface area contributed by atoms with E-state index in [2.05, 4.69) is 4.74 Å². The maximum Gasteiger partial charge on any atom is 0.322 e.